The predicted molar refractivity (Wildman–Crippen MR) is 80.6 cm³/mol. The van der Waals surface area contributed by atoms with Gasteiger partial charge < -0.3 is 4.74 Å². The van der Waals surface area contributed by atoms with E-state index in [1.54, 1.807) is 16.9 Å². The Morgan fingerprint density at radius 2 is 2.33 bits per heavy atom. The Morgan fingerprint density at radius 1 is 1.43 bits per heavy atom. The summed E-state index contributed by atoms with van der Waals surface area (Å²) in [6.45, 7) is 1.50. The molecule has 1 aliphatic rings. The maximum Gasteiger partial charge on any atom is 0.209 e. The van der Waals surface area contributed by atoms with E-state index in [4.69, 9.17) is 27.9 Å². The lowest BCUT2D eigenvalue weighted by Crippen LogP contribution is -2.16. The van der Waals surface area contributed by atoms with Crippen molar-refractivity contribution in [2.45, 2.75) is 36.4 Å². The normalized spacial score (nSPS) is 18.3. The van der Waals surface area contributed by atoms with Gasteiger partial charge in [0.2, 0.25) is 5.16 Å². The molecule has 3 heterocycles. The fourth-order valence-corrected chi connectivity index (χ4v) is 3.45. The van der Waals surface area contributed by atoms with E-state index in [-0.39, 0.29) is 6.10 Å². The van der Waals surface area contributed by atoms with Gasteiger partial charge in [-0.3, -0.25) is 4.98 Å². The van der Waals surface area contributed by atoms with Gasteiger partial charge >= 0.3 is 0 Å². The van der Waals surface area contributed by atoms with Crippen LogP contribution < -0.4 is 0 Å². The summed E-state index contributed by atoms with van der Waals surface area (Å²) in [7, 11) is 0. The standard InChI is InChI=1S/C12H13Cl2N5OS/c13-8-4-10(14)11(15-5-8)7-21-12-16-17-18-19(12)6-9-2-1-3-20-9/h4-5,9H,1-3,6-7H2. The zero-order chi connectivity index (χ0) is 14.7. The molecule has 0 bridgehead atoms. The molecule has 0 saturated carbocycles. The molecular formula is C12H13Cl2N5OS. The van der Waals surface area contributed by atoms with Crippen molar-refractivity contribution in [1.29, 1.82) is 0 Å². The smallest absolute Gasteiger partial charge is 0.209 e. The number of ether oxygens (including phenoxy) is 1. The van der Waals surface area contributed by atoms with Crippen molar-refractivity contribution < 1.29 is 4.74 Å². The second-order valence-electron chi connectivity index (χ2n) is 4.65. The van der Waals surface area contributed by atoms with Crippen molar-refractivity contribution in [3.8, 4) is 0 Å². The molecule has 1 saturated heterocycles. The van der Waals surface area contributed by atoms with Crippen LogP contribution in [-0.4, -0.2) is 37.9 Å². The first-order valence-electron chi connectivity index (χ1n) is 6.53. The molecule has 1 atom stereocenters. The average Bonchev–Trinajstić information content (AvgIpc) is 3.10. The molecule has 6 nitrogen and oxygen atoms in total. The minimum absolute atomic E-state index is 0.199. The van der Waals surface area contributed by atoms with Gasteiger partial charge in [0.1, 0.15) is 0 Å². The van der Waals surface area contributed by atoms with Crippen molar-refractivity contribution in [2.24, 2.45) is 0 Å². The Morgan fingerprint density at radius 3 is 3.10 bits per heavy atom. The summed E-state index contributed by atoms with van der Waals surface area (Å²) in [6.07, 6.45) is 3.93. The van der Waals surface area contributed by atoms with Crippen LogP contribution in [0.3, 0.4) is 0 Å². The van der Waals surface area contributed by atoms with E-state index in [1.165, 1.54) is 11.8 Å². The highest BCUT2D eigenvalue weighted by Crippen LogP contribution is 2.26. The number of aromatic nitrogens is 5. The number of thioether (sulfide) groups is 1. The molecular weight excluding hydrogens is 333 g/mol. The third kappa shape index (κ3) is 3.85. The number of nitrogens with zero attached hydrogens (tertiary/aromatic N) is 5. The molecule has 21 heavy (non-hydrogen) atoms. The first kappa shape index (κ1) is 15.0. The first-order valence-corrected chi connectivity index (χ1v) is 8.27. The van der Waals surface area contributed by atoms with Crippen LogP contribution in [0.2, 0.25) is 10.0 Å². The van der Waals surface area contributed by atoms with Crippen molar-refractivity contribution in [3.63, 3.8) is 0 Å². The van der Waals surface area contributed by atoms with E-state index < -0.39 is 0 Å². The van der Waals surface area contributed by atoms with Crippen LogP contribution in [0.15, 0.2) is 17.4 Å². The first-order chi connectivity index (χ1) is 10.2. The fraction of sp³-hybridized carbons (Fsp3) is 0.500. The van der Waals surface area contributed by atoms with Crippen LogP contribution >= 0.6 is 35.0 Å². The average molecular weight is 346 g/mol. The highest BCUT2D eigenvalue weighted by molar-refractivity contribution is 7.98. The molecule has 0 radical (unpaired) electrons. The Balaban J connectivity index is 1.63. The SMILES string of the molecule is Clc1cnc(CSc2nnnn2CC2CCCO2)c(Cl)c1. The van der Waals surface area contributed by atoms with E-state index in [0.717, 1.165) is 30.3 Å². The third-order valence-corrected chi connectivity index (χ3v) is 4.62. The minimum Gasteiger partial charge on any atom is -0.376 e. The largest absolute Gasteiger partial charge is 0.376 e. The predicted octanol–water partition coefficient (Wildman–Crippen LogP) is 2.85. The Kier molecular flexibility index (Phi) is 4.95. The molecule has 1 fully saturated rings. The van der Waals surface area contributed by atoms with Crippen LogP contribution in [0.1, 0.15) is 18.5 Å². The molecule has 0 aromatic carbocycles. The summed E-state index contributed by atoms with van der Waals surface area (Å²) >= 11 is 13.4. The summed E-state index contributed by atoms with van der Waals surface area (Å²) in [6, 6.07) is 1.68. The zero-order valence-corrected chi connectivity index (χ0v) is 13.4. The van der Waals surface area contributed by atoms with E-state index in [9.17, 15) is 0 Å². The van der Waals surface area contributed by atoms with Gasteiger partial charge in [-0.15, -0.1) is 5.10 Å². The molecule has 2 aromatic heterocycles. The molecule has 3 rings (SSSR count). The highest BCUT2D eigenvalue weighted by atomic mass is 35.5. The number of tetrazole rings is 1. The molecule has 2 aromatic rings. The number of rotatable bonds is 5. The topological polar surface area (TPSA) is 65.7 Å². The highest BCUT2D eigenvalue weighted by Gasteiger charge is 2.19. The second kappa shape index (κ2) is 6.91. The lowest BCUT2D eigenvalue weighted by Gasteiger charge is -2.10. The van der Waals surface area contributed by atoms with Gasteiger partial charge in [-0.05, 0) is 29.3 Å². The van der Waals surface area contributed by atoms with E-state index in [1.807, 2.05) is 0 Å². The van der Waals surface area contributed by atoms with Gasteiger partial charge in [0.15, 0.2) is 0 Å². The van der Waals surface area contributed by atoms with Gasteiger partial charge in [-0.1, -0.05) is 35.0 Å². The molecule has 9 heteroatoms. The van der Waals surface area contributed by atoms with Gasteiger partial charge in [0.25, 0.3) is 0 Å². The van der Waals surface area contributed by atoms with Crippen molar-refractivity contribution in [1.82, 2.24) is 25.2 Å². The molecule has 1 aliphatic heterocycles. The molecule has 0 N–H and O–H groups in total. The van der Waals surface area contributed by atoms with Crippen molar-refractivity contribution >= 4 is 35.0 Å². The maximum absolute atomic E-state index is 6.11. The summed E-state index contributed by atoms with van der Waals surface area (Å²) < 4.78 is 7.37. The second-order valence-corrected chi connectivity index (χ2v) is 6.44. The lowest BCUT2D eigenvalue weighted by atomic mass is 10.2. The van der Waals surface area contributed by atoms with E-state index in [2.05, 4.69) is 20.5 Å². The van der Waals surface area contributed by atoms with E-state index in [0.29, 0.717) is 22.3 Å². The maximum atomic E-state index is 6.11. The van der Waals surface area contributed by atoms with E-state index >= 15 is 0 Å². The summed E-state index contributed by atoms with van der Waals surface area (Å²) in [5.41, 5.74) is 0.762. The van der Waals surface area contributed by atoms with Crippen LogP contribution in [0, 0.1) is 0 Å². The van der Waals surface area contributed by atoms with Crippen molar-refractivity contribution in [2.75, 3.05) is 6.61 Å². The summed E-state index contributed by atoms with van der Waals surface area (Å²) in [4.78, 5) is 4.22. The number of hydrogen-bond acceptors (Lipinski definition) is 6. The Labute approximate surface area is 136 Å². The minimum atomic E-state index is 0.199. The quantitative estimate of drug-likeness (QED) is 0.776. The van der Waals surface area contributed by atoms with Crippen LogP contribution in [0.4, 0.5) is 0 Å². The molecule has 0 spiro atoms. The van der Waals surface area contributed by atoms with Crippen LogP contribution in [0.5, 0.6) is 0 Å². The molecule has 1 unspecified atom stereocenters. The Bertz CT molecular complexity index is 617. The third-order valence-electron chi connectivity index (χ3n) is 3.12. The van der Waals surface area contributed by atoms with Gasteiger partial charge in [-0.25, -0.2) is 4.68 Å². The van der Waals surface area contributed by atoms with Crippen molar-refractivity contribution in [3.05, 3.63) is 28.0 Å². The summed E-state index contributed by atoms with van der Waals surface area (Å²) in [5.74, 6) is 0.585. The Hall–Kier alpha value is -0.890. The van der Waals surface area contributed by atoms with Gasteiger partial charge in [0, 0.05) is 18.6 Å². The van der Waals surface area contributed by atoms with Gasteiger partial charge in [0.05, 0.1) is 28.4 Å². The molecule has 0 amide bonds. The molecule has 0 aliphatic carbocycles. The number of halogens is 2. The number of pyridine rings is 1. The fourth-order valence-electron chi connectivity index (χ4n) is 2.08. The molecule has 112 valence electrons. The monoisotopic (exact) mass is 345 g/mol. The van der Waals surface area contributed by atoms with Gasteiger partial charge in [-0.2, -0.15) is 0 Å². The van der Waals surface area contributed by atoms with Crippen LogP contribution in [0.25, 0.3) is 0 Å². The summed E-state index contributed by atoms with van der Waals surface area (Å²) in [5, 5.41) is 13.6. The zero-order valence-electron chi connectivity index (χ0n) is 11.1. The lowest BCUT2D eigenvalue weighted by molar-refractivity contribution is 0.0912. The number of hydrogen-bond donors (Lipinski definition) is 0. The van der Waals surface area contributed by atoms with Crippen LogP contribution in [-0.2, 0) is 17.0 Å².